The zero-order valence-electron chi connectivity index (χ0n) is 11.4. The molecule has 3 aliphatic carbocycles. The van der Waals surface area contributed by atoms with Gasteiger partial charge in [-0.3, -0.25) is 0 Å². The van der Waals surface area contributed by atoms with Gasteiger partial charge < -0.3 is 5.32 Å². The molecule has 1 nitrogen and oxygen atoms in total. The van der Waals surface area contributed by atoms with E-state index in [-0.39, 0.29) is 0 Å². The highest BCUT2D eigenvalue weighted by Crippen LogP contribution is 2.45. The van der Waals surface area contributed by atoms with Crippen LogP contribution in [0.25, 0.3) is 0 Å². The van der Waals surface area contributed by atoms with Crippen LogP contribution in [0.2, 0.25) is 0 Å². The van der Waals surface area contributed by atoms with Gasteiger partial charge >= 0.3 is 0 Å². The molecule has 96 valence electrons. The summed E-state index contributed by atoms with van der Waals surface area (Å²) in [5.41, 5.74) is 0. The third-order valence-electron chi connectivity index (χ3n) is 5.56. The summed E-state index contributed by atoms with van der Waals surface area (Å²) in [4.78, 5) is 0. The SMILES string of the molecule is CC1CCCCC1NC(C)C1CC2C=CC1C2. The van der Waals surface area contributed by atoms with E-state index in [0.717, 1.165) is 35.8 Å². The van der Waals surface area contributed by atoms with E-state index in [1.807, 2.05) is 0 Å². The Kier molecular flexibility index (Phi) is 3.30. The normalized spacial score (nSPS) is 46.4. The number of hydrogen-bond donors (Lipinski definition) is 1. The molecule has 3 rings (SSSR count). The van der Waals surface area contributed by atoms with Gasteiger partial charge in [-0.1, -0.05) is 31.9 Å². The van der Waals surface area contributed by atoms with E-state index in [0.29, 0.717) is 0 Å². The fraction of sp³-hybridized carbons (Fsp3) is 0.875. The van der Waals surface area contributed by atoms with Crippen LogP contribution in [0.3, 0.4) is 0 Å². The second-order valence-electron chi connectivity index (χ2n) is 6.77. The molecule has 2 saturated carbocycles. The van der Waals surface area contributed by atoms with Gasteiger partial charge in [0.2, 0.25) is 0 Å². The molecule has 0 amide bonds. The molecule has 0 aromatic carbocycles. The average Bonchev–Trinajstić information content (AvgIpc) is 2.94. The van der Waals surface area contributed by atoms with Gasteiger partial charge in [0.15, 0.2) is 0 Å². The summed E-state index contributed by atoms with van der Waals surface area (Å²) in [6.07, 6.45) is 13.5. The number of allylic oxidation sites excluding steroid dienone is 2. The van der Waals surface area contributed by atoms with Crippen LogP contribution in [-0.4, -0.2) is 12.1 Å². The molecular formula is C16H27N. The molecule has 0 aliphatic heterocycles. The quantitative estimate of drug-likeness (QED) is 0.732. The highest BCUT2D eigenvalue weighted by atomic mass is 15.0. The lowest BCUT2D eigenvalue weighted by Crippen LogP contribution is -2.46. The first-order chi connectivity index (χ1) is 8.24. The van der Waals surface area contributed by atoms with Gasteiger partial charge in [-0.25, -0.2) is 0 Å². The fourth-order valence-corrected chi connectivity index (χ4v) is 4.42. The molecular weight excluding hydrogens is 206 g/mol. The van der Waals surface area contributed by atoms with Crippen LogP contribution in [0.5, 0.6) is 0 Å². The minimum absolute atomic E-state index is 0.723. The predicted molar refractivity (Wildman–Crippen MR) is 72.9 cm³/mol. The van der Waals surface area contributed by atoms with Crippen LogP contribution in [0.15, 0.2) is 12.2 Å². The molecule has 0 heterocycles. The van der Waals surface area contributed by atoms with Gasteiger partial charge in [0.1, 0.15) is 0 Å². The fourth-order valence-electron chi connectivity index (χ4n) is 4.42. The lowest BCUT2D eigenvalue weighted by molar-refractivity contribution is 0.222. The molecule has 1 N–H and O–H groups in total. The number of hydrogen-bond acceptors (Lipinski definition) is 1. The van der Waals surface area contributed by atoms with Crippen LogP contribution in [0, 0.1) is 23.7 Å². The summed E-state index contributed by atoms with van der Waals surface area (Å²) >= 11 is 0. The molecule has 6 unspecified atom stereocenters. The van der Waals surface area contributed by atoms with Crippen molar-refractivity contribution in [2.24, 2.45) is 23.7 Å². The second-order valence-corrected chi connectivity index (χ2v) is 6.77. The monoisotopic (exact) mass is 233 g/mol. The number of rotatable bonds is 3. The zero-order chi connectivity index (χ0) is 11.8. The first-order valence-corrected chi connectivity index (χ1v) is 7.68. The Morgan fingerprint density at radius 2 is 1.94 bits per heavy atom. The van der Waals surface area contributed by atoms with Crippen molar-refractivity contribution in [2.45, 2.75) is 64.5 Å². The average molecular weight is 233 g/mol. The van der Waals surface area contributed by atoms with E-state index in [1.54, 1.807) is 0 Å². The van der Waals surface area contributed by atoms with Crippen molar-refractivity contribution < 1.29 is 0 Å². The van der Waals surface area contributed by atoms with Crippen LogP contribution in [0.1, 0.15) is 52.4 Å². The maximum Gasteiger partial charge on any atom is 0.00952 e. The molecule has 17 heavy (non-hydrogen) atoms. The molecule has 3 aliphatic rings. The maximum atomic E-state index is 3.96. The molecule has 0 saturated heterocycles. The van der Waals surface area contributed by atoms with Crippen molar-refractivity contribution in [3.63, 3.8) is 0 Å². The van der Waals surface area contributed by atoms with E-state index in [1.165, 1.54) is 38.5 Å². The van der Waals surface area contributed by atoms with Crippen LogP contribution in [-0.2, 0) is 0 Å². The van der Waals surface area contributed by atoms with E-state index in [9.17, 15) is 0 Å². The lowest BCUT2D eigenvalue weighted by Gasteiger charge is -2.35. The predicted octanol–water partition coefficient (Wildman–Crippen LogP) is 3.76. The largest absolute Gasteiger partial charge is 0.311 e. The van der Waals surface area contributed by atoms with Crippen molar-refractivity contribution in [1.29, 1.82) is 0 Å². The van der Waals surface area contributed by atoms with Crippen molar-refractivity contribution in [3.05, 3.63) is 12.2 Å². The van der Waals surface area contributed by atoms with Gasteiger partial charge in [0, 0.05) is 12.1 Å². The van der Waals surface area contributed by atoms with Crippen molar-refractivity contribution in [2.75, 3.05) is 0 Å². The van der Waals surface area contributed by atoms with E-state index < -0.39 is 0 Å². The Morgan fingerprint density at radius 3 is 2.59 bits per heavy atom. The van der Waals surface area contributed by atoms with Crippen LogP contribution in [0.4, 0.5) is 0 Å². The number of nitrogens with one attached hydrogen (secondary N) is 1. The molecule has 1 heteroatoms. The molecule has 0 aromatic rings. The minimum atomic E-state index is 0.723. The summed E-state index contributed by atoms with van der Waals surface area (Å²) in [6.45, 7) is 4.87. The Morgan fingerprint density at radius 1 is 1.12 bits per heavy atom. The third-order valence-corrected chi connectivity index (χ3v) is 5.56. The lowest BCUT2D eigenvalue weighted by atomic mass is 9.83. The first kappa shape index (κ1) is 11.8. The molecule has 0 radical (unpaired) electrons. The summed E-state index contributed by atoms with van der Waals surface area (Å²) in [6, 6.07) is 1.52. The van der Waals surface area contributed by atoms with Crippen LogP contribution < -0.4 is 5.32 Å². The van der Waals surface area contributed by atoms with Gasteiger partial charge in [-0.15, -0.1) is 0 Å². The van der Waals surface area contributed by atoms with Gasteiger partial charge in [-0.2, -0.15) is 0 Å². The highest BCUT2D eigenvalue weighted by molar-refractivity contribution is 5.11. The summed E-state index contributed by atoms with van der Waals surface area (Å²) in [5, 5.41) is 3.96. The van der Waals surface area contributed by atoms with Crippen molar-refractivity contribution in [3.8, 4) is 0 Å². The Labute approximate surface area is 106 Å². The topological polar surface area (TPSA) is 12.0 Å². The smallest absolute Gasteiger partial charge is 0.00952 e. The van der Waals surface area contributed by atoms with E-state index in [2.05, 4.69) is 31.3 Å². The summed E-state index contributed by atoms with van der Waals surface area (Å²) in [5.74, 6) is 3.61. The highest BCUT2D eigenvalue weighted by Gasteiger charge is 2.39. The molecule has 6 atom stereocenters. The van der Waals surface area contributed by atoms with Gasteiger partial charge in [-0.05, 0) is 56.3 Å². The zero-order valence-corrected chi connectivity index (χ0v) is 11.4. The maximum absolute atomic E-state index is 3.96. The van der Waals surface area contributed by atoms with E-state index in [4.69, 9.17) is 0 Å². The molecule has 2 bridgehead atoms. The van der Waals surface area contributed by atoms with Gasteiger partial charge in [0.05, 0.1) is 0 Å². The van der Waals surface area contributed by atoms with Crippen molar-refractivity contribution in [1.82, 2.24) is 5.32 Å². The second kappa shape index (κ2) is 4.76. The molecule has 0 aromatic heterocycles. The minimum Gasteiger partial charge on any atom is -0.311 e. The van der Waals surface area contributed by atoms with Crippen molar-refractivity contribution >= 4 is 0 Å². The Balaban J connectivity index is 1.56. The standard InChI is InChI=1S/C16H27N/c1-11-5-3-4-6-16(11)17-12(2)15-10-13-7-8-14(15)9-13/h7-8,11-17H,3-6,9-10H2,1-2H3. The Bertz CT molecular complexity index is 296. The first-order valence-electron chi connectivity index (χ1n) is 7.68. The van der Waals surface area contributed by atoms with E-state index >= 15 is 0 Å². The number of fused-ring (bicyclic) bond motifs is 2. The molecule has 0 spiro atoms. The third kappa shape index (κ3) is 2.31. The molecule has 2 fully saturated rings. The van der Waals surface area contributed by atoms with Crippen LogP contribution >= 0.6 is 0 Å². The summed E-state index contributed by atoms with van der Waals surface area (Å²) < 4.78 is 0. The summed E-state index contributed by atoms with van der Waals surface area (Å²) in [7, 11) is 0. The van der Waals surface area contributed by atoms with Gasteiger partial charge in [0.25, 0.3) is 0 Å². The Hall–Kier alpha value is -0.300.